The van der Waals surface area contributed by atoms with Crippen molar-refractivity contribution < 1.29 is 17.2 Å². The van der Waals surface area contributed by atoms with E-state index in [0.29, 0.717) is 18.9 Å². The van der Waals surface area contributed by atoms with E-state index < -0.39 is 26.6 Å². The number of aryl methyl sites for hydroxylation is 1. The van der Waals surface area contributed by atoms with E-state index in [2.05, 4.69) is 5.32 Å². The van der Waals surface area contributed by atoms with Crippen molar-refractivity contribution in [1.29, 1.82) is 0 Å². The lowest BCUT2D eigenvalue weighted by Gasteiger charge is -2.31. The number of hydrogen-bond donors (Lipinski definition) is 1. The summed E-state index contributed by atoms with van der Waals surface area (Å²) in [5.41, 5.74) is 0.115. The molecule has 7 heteroatoms. The van der Waals surface area contributed by atoms with Crippen LogP contribution >= 0.6 is 0 Å². The molecule has 0 amide bonds. The largest absolute Gasteiger partial charge is 0.317 e. The highest BCUT2D eigenvalue weighted by molar-refractivity contribution is 7.89. The van der Waals surface area contributed by atoms with Gasteiger partial charge in [-0.2, -0.15) is 4.31 Å². The lowest BCUT2D eigenvalue weighted by Crippen LogP contribution is -2.44. The molecule has 1 aliphatic rings. The van der Waals surface area contributed by atoms with Crippen LogP contribution in [0.4, 0.5) is 8.78 Å². The smallest absolute Gasteiger partial charge is 0.245 e. The minimum absolute atomic E-state index is 0.115. The molecule has 4 nitrogen and oxygen atoms in total. The molecule has 1 heterocycles. The minimum Gasteiger partial charge on any atom is -0.317 e. The molecule has 0 bridgehead atoms. The molecule has 20 heavy (non-hydrogen) atoms. The summed E-state index contributed by atoms with van der Waals surface area (Å²) < 4.78 is 53.2. The molecule has 0 unspecified atom stereocenters. The van der Waals surface area contributed by atoms with Gasteiger partial charge in [0.05, 0.1) is 0 Å². The Morgan fingerprint density at radius 2 is 1.80 bits per heavy atom. The van der Waals surface area contributed by atoms with E-state index in [0.717, 1.165) is 19.2 Å². The molecule has 1 aromatic carbocycles. The van der Waals surface area contributed by atoms with Crippen LogP contribution < -0.4 is 5.32 Å². The SMILES string of the molecule is Cc1cc(S(=O)(=O)N(C)C2CCNCC2)c(F)cc1F. The molecule has 0 atom stereocenters. The maximum Gasteiger partial charge on any atom is 0.245 e. The molecule has 0 saturated carbocycles. The van der Waals surface area contributed by atoms with Gasteiger partial charge in [-0.25, -0.2) is 17.2 Å². The zero-order chi connectivity index (χ0) is 14.9. The maximum absolute atomic E-state index is 13.8. The zero-order valence-electron chi connectivity index (χ0n) is 11.5. The molecular weight excluding hydrogens is 286 g/mol. The average Bonchev–Trinajstić information content (AvgIpc) is 2.42. The molecule has 0 radical (unpaired) electrons. The van der Waals surface area contributed by atoms with Crippen LogP contribution in [0.5, 0.6) is 0 Å². The van der Waals surface area contributed by atoms with Gasteiger partial charge in [0, 0.05) is 19.2 Å². The molecule has 0 spiro atoms. The Bertz CT molecular complexity index is 599. The fourth-order valence-corrected chi connectivity index (χ4v) is 3.89. The molecule has 0 aliphatic carbocycles. The standard InChI is InChI=1S/C13H18F2N2O2S/c1-9-7-13(12(15)8-11(9)14)20(18,19)17(2)10-3-5-16-6-4-10/h7-8,10,16H,3-6H2,1-2H3. The van der Waals surface area contributed by atoms with Crippen LogP contribution in [0.25, 0.3) is 0 Å². The van der Waals surface area contributed by atoms with Crippen LogP contribution in [0.3, 0.4) is 0 Å². The number of rotatable bonds is 3. The van der Waals surface area contributed by atoms with Crippen LogP contribution in [0.2, 0.25) is 0 Å². The monoisotopic (exact) mass is 304 g/mol. The Balaban J connectivity index is 2.36. The number of nitrogens with zero attached hydrogens (tertiary/aromatic N) is 1. The van der Waals surface area contributed by atoms with Crippen molar-refractivity contribution in [2.24, 2.45) is 0 Å². The quantitative estimate of drug-likeness (QED) is 0.924. The van der Waals surface area contributed by atoms with Gasteiger partial charge < -0.3 is 5.32 Å². The summed E-state index contributed by atoms with van der Waals surface area (Å²) in [4.78, 5) is -0.461. The third-order valence-electron chi connectivity index (χ3n) is 3.69. The van der Waals surface area contributed by atoms with Gasteiger partial charge in [-0.3, -0.25) is 0 Å². The van der Waals surface area contributed by atoms with Gasteiger partial charge in [-0.15, -0.1) is 0 Å². The summed E-state index contributed by atoms with van der Waals surface area (Å²) in [6, 6.07) is 1.52. The zero-order valence-corrected chi connectivity index (χ0v) is 12.3. The molecule has 1 N–H and O–H groups in total. The highest BCUT2D eigenvalue weighted by atomic mass is 32.2. The maximum atomic E-state index is 13.8. The van der Waals surface area contributed by atoms with E-state index in [1.54, 1.807) is 0 Å². The summed E-state index contributed by atoms with van der Waals surface area (Å²) in [5, 5.41) is 3.14. The van der Waals surface area contributed by atoms with E-state index >= 15 is 0 Å². The summed E-state index contributed by atoms with van der Waals surface area (Å²) in [6.07, 6.45) is 1.36. The average molecular weight is 304 g/mol. The van der Waals surface area contributed by atoms with Gasteiger partial charge in [-0.05, 0) is 44.5 Å². The molecule has 1 fully saturated rings. The predicted molar refractivity (Wildman–Crippen MR) is 71.9 cm³/mol. The highest BCUT2D eigenvalue weighted by Gasteiger charge is 2.31. The van der Waals surface area contributed by atoms with Crippen LogP contribution in [0.1, 0.15) is 18.4 Å². The second-order valence-electron chi connectivity index (χ2n) is 5.03. The van der Waals surface area contributed by atoms with Crippen molar-refractivity contribution in [3.05, 3.63) is 29.3 Å². The number of hydrogen-bond acceptors (Lipinski definition) is 3. The first-order valence-corrected chi connectivity index (χ1v) is 7.92. The Morgan fingerprint density at radius 3 is 2.40 bits per heavy atom. The third kappa shape index (κ3) is 2.84. The van der Waals surface area contributed by atoms with Gasteiger partial charge in [0.1, 0.15) is 16.5 Å². The fourth-order valence-electron chi connectivity index (χ4n) is 2.35. The van der Waals surface area contributed by atoms with Crippen LogP contribution in [-0.4, -0.2) is 38.9 Å². The van der Waals surface area contributed by atoms with Crippen molar-refractivity contribution in [1.82, 2.24) is 9.62 Å². The third-order valence-corrected chi connectivity index (χ3v) is 5.62. The molecular formula is C13H18F2N2O2S. The van der Waals surface area contributed by atoms with E-state index in [1.165, 1.54) is 18.3 Å². The highest BCUT2D eigenvalue weighted by Crippen LogP contribution is 2.25. The van der Waals surface area contributed by atoms with Gasteiger partial charge in [-0.1, -0.05) is 0 Å². The van der Waals surface area contributed by atoms with Crippen molar-refractivity contribution >= 4 is 10.0 Å². The van der Waals surface area contributed by atoms with E-state index in [1.807, 2.05) is 0 Å². The Morgan fingerprint density at radius 1 is 1.20 bits per heavy atom. The summed E-state index contributed by atoms with van der Waals surface area (Å²) in [6.45, 7) is 2.88. The van der Waals surface area contributed by atoms with Crippen LogP contribution in [0, 0.1) is 18.6 Å². The molecule has 0 aromatic heterocycles. The summed E-state index contributed by atoms with van der Waals surface area (Å²) >= 11 is 0. The van der Waals surface area contributed by atoms with E-state index in [-0.39, 0.29) is 11.6 Å². The molecule has 1 saturated heterocycles. The van der Waals surface area contributed by atoms with Crippen LogP contribution in [0.15, 0.2) is 17.0 Å². The number of halogens is 2. The van der Waals surface area contributed by atoms with E-state index in [4.69, 9.17) is 0 Å². The normalized spacial score (nSPS) is 17.6. The fraction of sp³-hybridized carbons (Fsp3) is 0.538. The van der Waals surface area contributed by atoms with Crippen molar-refractivity contribution in [2.75, 3.05) is 20.1 Å². The Hall–Kier alpha value is -1.05. The second kappa shape index (κ2) is 5.75. The summed E-state index contributed by atoms with van der Waals surface area (Å²) in [7, 11) is -2.50. The number of piperidine rings is 1. The van der Waals surface area contributed by atoms with Gasteiger partial charge in [0.25, 0.3) is 0 Å². The van der Waals surface area contributed by atoms with E-state index in [9.17, 15) is 17.2 Å². The van der Waals surface area contributed by atoms with Crippen LogP contribution in [-0.2, 0) is 10.0 Å². The molecule has 112 valence electrons. The number of nitrogens with one attached hydrogen (secondary N) is 1. The molecule has 1 aromatic rings. The van der Waals surface area contributed by atoms with Crippen molar-refractivity contribution in [2.45, 2.75) is 30.7 Å². The first kappa shape index (κ1) is 15.3. The number of benzene rings is 1. The lowest BCUT2D eigenvalue weighted by atomic mass is 10.1. The van der Waals surface area contributed by atoms with Gasteiger partial charge in [0.15, 0.2) is 0 Å². The molecule has 1 aliphatic heterocycles. The summed E-state index contributed by atoms with van der Waals surface area (Å²) in [5.74, 6) is -1.79. The lowest BCUT2D eigenvalue weighted by molar-refractivity contribution is 0.295. The van der Waals surface area contributed by atoms with Crippen molar-refractivity contribution in [3.63, 3.8) is 0 Å². The Kier molecular flexibility index (Phi) is 4.41. The second-order valence-corrected chi connectivity index (χ2v) is 7.00. The van der Waals surface area contributed by atoms with Gasteiger partial charge >= 0.3 is 0 Å². The van der Waals surface area contributed by atoms with Crippen molar-refractivity contribution in [3.8, 4) is 0 Å². The Labute approximate surface area is 117 Å². The first-order valence-electron chi connectivity index (χ1n) is 6.48. The topological polar surface area (TPSA) is 49.4 Å². The minimum atomic E-state index is -3.94. The molecule has 2 rings (SSSR count). The number of sulfonamides is 1. The first-order chi connectivity index (χ1) is 9.34. The predicted octanol–water partition coefficient (Wildman–Crippen LogP) is 1.65. The van der Waals surface area contributed by atoms with Gasteiger partial charge in [0.2, 0.25) is 10.0 Å².